The van der Waals surface area contributed by atoms with Gasteiger partial charge in [0.05, 0.1) is 18.1 Å². The molecule has 1 fully saturated rings. The third-order valence-electron chi connectivity index (χ3n) is 7.61. The third kappa shape index (κ3) is 5.54. The fourth-order valence-electron chi connectivity index (χ4n) is 5.17. The number of ether oxygens (including phenoxy) is 1. The average Bonchev–Trinajstić information content (AvgIpc) is 3.01. The number of nitrogens with zero attached hydrogens (tertiary/aromatic N) is 2. The molecular formula is C33H32ClN3O3. The summed E-state index contributed by atoms with van der Waals surface area (Å²) in [4.78, 5) is 30.9. The van der Waals surface area contributed by atoms with Crippen LogP contribution < -0.4 is 15.0 Å². The summed E-state index contributed by atoms with van der Waals surface area (Å²) in [7, 11) is 1.55. The van der Waals surface area contributed by atoms with E-state index >= 15 is 0 Å². The lowest BCUT2D eigenvalue weighted by atomic mass is 9.75. The zero-order chi connectivity index (χ0) is 28.1. The van der Waals surface area contributed by atoms with Gasteiger partial charge in [-0.3, -0.25) is 9.59 Å². The number of rotatable bonds is 7. The second kappa shape index (κ2) is 11.8. The first-order chi connectivity index (χ1) is 19.4. The summed E-state index contributed by atoms with van der Waals surface area (Å²) in [5.74, 6) is 0.336. The van der Waals surface area contributed by atoms with Crippen molar-refractivity contribution in [2.75, 3.05) is 43.5 Å². The quantitative estimate of drug-likeness (QED) is 0.294. The van der Waals surface area contributed by atoms with E-state index in [1.54, 1.807) is 25.3 Å². The topological polar surface area (TPSA) is 61.9 Å². The molecule has 4 aromatic carbocycles. The van der Waals surface area contributed by atoms with Crippen molar-refractivity contribution in [2.24, 2.45) is 0 Å². The van der Waals surface area contributed by atoms with Gasteiger partial charge in [-0.25, -0.2) is 0 Å². The van der Waals surface area contributed by atoms with Crippen LogP contribution in [0.2, 0.25) is 5.02 Å². The maximum atomic E-state index is 13.7. The first-order valence-corrected chi connectivity index (χ1v) is 13.7. The molecule has 1 heterocycles. The van der Waals surface area contributed by atoms with E-state index in [1.807, 2.05) is 96.8 Å². The fraction of sp³-hybridized carbons (Fsp3) is 0.212. The second-order valence-corrected chi connectivity index (χ2v) is 10.4. The van der Waals surface area contributed by atoms with Crippen LogP contribution in [0, 0.1) is 0 Å². The van der Waals surface area contributed by atoms with Gasteiger partial charge in [0.15, 0.2) is 0 Å². The summed E-state index contributed by atoms with van der Waals surface area (Å²) >= 11 is 6.13. The lowest BCUT2D eigenvalue weighted by molar-refractivity contribution is -0.119. The number of anilines is 2. The molecule has 0 aromatic heterocycles. The van der Waals surface area contributed by atoms with Gasteiger partial charge in [0.25, 0.3) is 5.91 Å². The summed E-state index contributed by atoms with van der Waals surface area (Å²) in [5, 5.41) is 3.63. The molecule has 7 heteroatoms. The number of hydrogen-bond acceptors (Lipinski definition) is 4. The van der Waals surface area contributed by atoms with Crippen molar-refractivity contribution in [1.29, 1.82) is 0 Å². The molecule has 0 spiro atoms. The Morgan fingerprint density at radius 3 is 1.93 bits per heavy atom. The molecule has 1 saturated heterocycles. The Kier molecular flexibility index (Phi) is 8.08. The van der Waals surface area contributed by atoms with Gasteiger partial charge in [-0.2, -0.15) is 0 Å². The molecule has 0 radical (unpaired) electrons. The summed E-state index contributed by atoms with van der Waals surface area (Å²) < 4.78 is 5.37. The molecule has 0 unspecified atom stereocenters. The Balaban J connectivity index is 1.25. The lowest BCUT2D eigenvalue weighted by Gasteiger charge is -2.36. The molecule has 0 aliphatic carbocycles. The van der Waals surface area contributed by atoms with E-state index < -0.39 is 5.41 Å². The second-order valence-electron chi connectivity index (χ2n) is 9.98. The minimum absolute atomic E-state index is 0.0862. The maximum absolute atomic E-state index is 13.7. The van der Waals surface area contributed by atoms with Crippen LogP contribution in [-0.2, 0) is 10.2 Å². The average molecular weight is 554 g/mol. The van der Waals surface area contributed by atoms with Crippen LogP contribution in [0.25, 0.3) is 0 Å². The van der Waals surface area contributed by atoms with E-state index in [0.29, 0.717) is 42.5 Å². The van der Waals surface area contributed by atoms with Gasteiger partial charge in [-0.15, -0.1) is 0 Å². The molecule has 6 nitrogen and oxygen atoms in total. The van der Waals surface area contributed by atoms with Gasteiger partial charge in [-0.05, 0) is 60.5 Å². The normalized spacial score (nSPS) is 13.6. The Hall–Kier alpha value is -4.29. The first-order valence-electron chi connectivity index (χ1n) is 13.3. The Bertz CT molecular complexity index is 1430. The summed E-state index contributed by atoms with van der Waals surface area (Å²) in [6, 6.07) is 32.6. The smallest absolute Gasteiger partial charge is 0.257 e. The lowest BCUT2D eigenvalue weighted by Crippen LogP contribution is -2.48. The van der Waals surface area contributed by atoms with Gasteiger partial charge < -0.3 is 19.9 Å². The number of hydrogen-bond donors (Lipinski definition) is 1. The van der Waals surface area contributed by atoms with E-state index in [0.717, 1.165) is 22.5 Å². The van der Waals surface area contributed by atoms with Gasteiger partial charge in [0.1, 0.15) is 5.75 Å². The Morgan fingerprint density at radius 2 is 1.38 bits per heavy atom. The number of methoxy groups -OCH3 is 1. The van der Waals surface area contributed by atoms with Crippen LogP contribution in [-0.4, -0.2) is 50.0 Å². The largest absolute Gasteiger partial charge is 0.496 e. The van der Waals surface area contributed by atoms with Crippen LogP contribution in [0.4, 0.5) is 11.4 Å². The molecule has 4 aromatic rings. The molecule has 1 N–H and O–H groups in total. The van der Waals surface area contributed by atoms with Crippen molar-refractivity contribution >= 4 is 34.8 Å². The highest BCUT2D eigenvalue weighted by atomic mass is 35.5. The maximum Gasteiger partial charge on any atom is 0.257 e. The third-order valence-corrected chi connectivity index (χ3v) is 7.84. The highest BCUT2D eigenvalue weighted by Crippen LogP contribution is 2.34. The molecule has 0 saturated carbocycles. The minimum atomic E-state index is -0.851. The van der Waals surface area contributed by atoms with Gasteiger partial charge in [-0.1, -0.05) is 72.3 Å². The number of carbonyl (C=O) groups excluding carboxylic acids is 2. The molecule has 1 aliphatic rings. The zero-order valence-electron chi connectivity index (χ0n) is 22.6. The summed E-state index contributed by atoms with van der Waals surface area (Å²) in [6.07, 6.45) is 0. The van der Waals surface area contributed by atoms with Crippen molar-refractivity contribution in [1.82, 2.24) is 4.90 Å². The predicted molar refractivity (Wildman–Crippen MR) is 161 cm³/mol. The van der Waals surface area contributed by atoms with Crippen LogP contribution >= 0.6 is 11.6 Å². The Labute approximate surface area is 240 Å². The standard InChI is InChI=1S/C33H32ClN3O3/c1-33(24-9-5-3-6-10-24,25-11-7-4-8-12-25)32(39)35-27-14-16-28(17-15-27)36-19-21-37(22-20-36)31(38)29-23-26(34)13-18-30(29)40-2/h3-18,23H,19-22H2,1-2H3,(H,35,39). The monoisotopic (exact) mass is 553 g/mol. The van der Waals surface area contributed by atoms with Crippen molar-refractivity contribution < 1.29 is 14.3 Å². The van der Waals surface area contributed by atoms with E-state index in [2.05, 4.69) is 10.2 Å². The summed E-state index contributed by atoms with van der Waals surface area (Å²) in [5.41, 5.74) is 3.25. The van der Waals surface area contributed by atoms with E-state index in [9.17, 15) is 9.59 Å². The molecule has 0 bridgehead atoms. The number of benzene rings is 4. The SMILES string of the molecule is COc1ccc(Cl)cc1C(=O)N1CCN(c2ccc(NC(=O)C(C)(c3ccccc3)c3ccccc3)cc2)CC1. The fourth-order valence-corrected chi connectivity index (χ4v) is 5.34. The van der Waals surface area contributed by atoms with Crippen molar-refractivity contribution in [3.05, 3.63) is 125 Å². The molecule has 204 valence electrons. The molecular weight excluding hydrogens is 522 g/mol. The zero-order valence-corrected chi connectivity index (χ0v) is 23.4. The van der Waals surface area contributed by atoms with Gasteiger partial charge in [0, 0.05) is 42.6 Å². The summed E-state index contributed by atoms with van der Waals surface area (Å²) in [6.45, 7) is 4.51. The van der Waals surface area contributed by atoms with Crippen LogP contribution in [0.3, 0.4) is 0 Å². The number of piperazine rings is 1. The predicted octanol–water partition coefficient (Wildman–Crippen LogP) is 6.26. The highest BCUT2D eigenvalue weighted by molar-refractivity contribution is 6.31. The van der Waals surface area contributed by atoms with Crippen LogP contribution in [0.15, 0.2) is 103 Å². The molecule has 5 rings (SSSR count). The molecule has 0 atom stereocenters. The molecule has 2 amide bonds. The van der Waals surface area contributed by atoms with E-state index in [-0.39, 0.29) is 11.8 Å². The van der Waals surface area contributed by atoms with Crippen molar-refractivity contribution in [3.63, 3.8) is 0 Å². The number of amides is 2. The Morgan fingerprint density at radius 1 is 0.800 bits per heavy atom. The van der Waals surface area contributed by atoms with Crippen LogP contribution in [0.1, 0.15) is 28.4 Å². The minimum Gasteiger partial charge on any atom is -0.496 e. The van der Waals surface area contributed by atoms with Crippen molar-refractivity contribution in [3.8, 4) is 5.75 Å². The number of nitrogens with one attached hydrogen (secondary N) is 1. The van der Waals surface area contributed by atoms with Crippen molar-refractivity contribution in [2.45, 2.75) is 12.3 Å². The molecule has 1 aliphatic heterocycles. The molecule has 40 heavy (non-hydrogen) atoms. The van der Waals surface area contributed by atoms with E-state index in [4.69, 9.17) is 16.3 Å². The number of halogens is 1. The first kappa shape index (κ1) is 27.3. The van der Waals surface area contributed by atoms with E-state index in [1.165, 1.54) is 0 Å². The number of carbonyl (C=O) groups is 2. The van der Waals surface area contributed by atoms with Gasteiger partial charge >= 0.3 is 0 Å². The van der Waals surface area contributed by atoms with Crippen LogP contribution in [0.5, 0.6) is 5.75 Å². The highest BCUT2D eigenvalue weighted by Gasteiger charge is 2.37. The van der Waals surface area contributed by atoms with Gasteiger partial charge in [0.2, 0.25) is 5.91 Å².